The first-order valence-corrected chi connectivity index (χ1v) is 11.7. The molecule has 2 aliphatic rings. The van der Waals surface area contributed by atoms with Crippen LogP contribution in [-0.2, 0) is 17.8 Å². The molecular formula is C24H25F3N5O4+. The Morgan fingerprint density at radius 1 is 1.31 bits per heavy atom. The molecule has 3 aromatic rings. The number of hydrogen-bond donors (Lipinski definition) is 1. The van der Waals surface area contributed by atoms with Gasteiger partial charge in [-0.1, -0.05) is 18.8 Å². The minimum Gasteiger partial charge on any atom is -0.474 e. The van der Waals surface area contributed by atoms with Crippen LogP contribution in [0.15, 0.2) is 29.1 Å². The van der Waals surface area contributed by atoms with E-state index in [2.05, 4.69) is 15.3 Å². The summed E-state index contributed by atoms with van der Waals surface area (Å²) in [6, 6.07) is 5.75. The Morgan fingerprint density at radius 3 is 2.81 bits per heavy atom. The Labute approximate surface area is 203 Å². The standard InChI is InChI=1S/C24H24F3N5O4/c1-12(2)22(33)29-17-8-14-9-19(28-17)36-15-6-7-31-20(10-15)32(13(14)3)23(34)16-4-5-18(30-21(16)31)35-11-24(25,26)27/h4-5,8-9,12-13,15H,6-7,10-11H2,1-3H3/p+1. The molecule has 0 fully saturated rings. The molecule has 12 heteroatoms. The minimum absolute atomic E-state index is 0.190. The summed E-state index contributed by atoms with van der Waals surface area (Å²) in [5.41, 5.74) is 0.659. The number of pyridine rings is 2. The van der Waals surface area contributed by atoms with Crippen molar-refractivity contribution in [3.8, 4) is 11.8 Å². The molecule has 2 atom stereocenters. The molecular weight excluding hydrogens is 479 g/mol. The van der Waals surface area contributed by atoms with E-state index in [-0.39, 0.29) is 40.4 Å². The molecule has 0 aromatic carbocycles. The van der Waals surface area contributed by atoms with E-state index >= 15 is 0 Å². The van der Waals surface area contributed by atoms with Gasteiger partial charge in [0.15, 0.2) is 6.61 Å². The quantitative estimate of drug-likeness (QED) is 0.549. The summed E-state index contributed by atoms with van der Waals surface area (Å²) in [6.07, 6.45) is -3.86. The first kappa shape index (κ1) is 24.0. The average molecular weight is 504 g/mol. The maximum absolute atomic E-state index is 13.7. The van der Waals surface area contributed by atoms with Gasteiger partial charge in [0.1, 0.15) is 23.3 Å². The summed E-state index contributed by atoms with van der Waals surface area (Å²) in [5, 5.41) is 3.07. The van der Waals surface area contributed by atoms with Crippen LogP contribution in [0.25, 0.3) is 11.0 Å². The van der Waals surface area contributed by atoms with Crippen molar-refractivity contribution < 1.29 is 32.0 Å². The van der Waals surface area contributed by atoms with Crippen LogP contribution in [0.1, 0.15) is 44.6 Å². The van der Waals surface area contributed by atoms with Crippen molar-refractivity contribution >= 4 is 22.8 Å². The van der Waals surface area contributed by atoms with Gasteiger partial charge in [0.05, 0.1) is 13.0 Å². The van der Waals surface area contributed by atoms with Crippen LogP contribution in [-0.4, -0.2) is 39.3 Å². The Kier molecular flexibility index (Phi) is 5.84. The molecule has 1 amide bonds. The van der Waals surface area contributed by atoms with E-state index in [1.807, 2.05) is 11.5 Å². The van der Waals surface area contributed by atoms with Gasteiger partial charge in [-0.25, -0.2) is 9.13 Å². The maximum atomic E-state index is 13.7. The summed E-state index contributed by atoms with van der Waals surface area (Å²) < 4.78 is 52.4. The van der Waals surface area contributed by atoms with E-state index in [0.29, 0.717) is 42.5 Å². The highest BCUT2D eigenvalue weighted by molar-refractivity contribution is 5.91. The first-order chi connectivity index (χ1) is 17.0. The second kappa shape index (κ2) is 8.75. The van der Waals surface area contributed by atoms with E-state index in [1.54, 1.807) is 30.5 Å². The molecule has 0 aliphatic carbocycles. The molecule has 4 bridgehead atoms. The van der Waals surface area contributed by atoms with Crippen molar-refractivity contribution in [2.75, 3.05) is 11.9 Å². The number of hydrogen-bond acceptors (Lipinski definition) is 6. The van der Waals surface area contributed by atoms with Crippen molar-refractivity contribution in [2.24, 2.45) is 5.92 Å². The number of aryl methyl sites for hydroxylation is 1. The zero-order valence-electron chi connectivity index (χ0n) is 19.9. The molecule has 3 aromatic heterocycles. The number of fused-ring (bicyclic) bond motifs is 5. The summed E-state index contributed by atoms with van der Waals surface area (Å²) in [7, 11) is 0. The third kappa shape index (κ3) is 4.47. The highest BCUT2D eigenvalue weighted by atomic mass is 19.4. The number of amides is 1. The summed E-state index contributed by atoms with van der Waals surface area (Å²) in [5.74, 6) is 0.697. The number of nitrogens with zero attached hydrogens (tertiary/aromatic N) is 4. The topological polar surface area (TPSA) is 99.2 Å². The molecule has 0 saturated heterocycles. The van der Waals surface area contributed by atoms with E-state index in [0.717, 1.165) is 0 Å². The van der Waals surface area contributed by atoms with Crippen LogP contribution in [0.5, 0.6) is 11.8 Å². The Balaban J connectivity index is 1.64. The van der Waals surface area contributed by atoms with Crippen molar-refractivity contribution in [1.82, 2.24) is 14.5 Å². The van der Waals surface area contributed by atoms with E-state index < -0.39 is 18.8 Å². The molecule has 0 saturated carbocycles. The number of ether oxygens (including phenoxy) is 2. The predicted molar refractivity (Wildman–Crippen MR) is 122 cm³/mol. The molecule has 5 rings (SSSR count). The second-order valence-corrected chi connectivity index (χ2v) is 9.34. The SMILES string of the molecule is CC(C)C(=O)Nc1cc2cc(n1)OC1CC[n+]3c(n(c(=O)c4ccc(OCC(F)(F)F)nc43)C2C)C1. The Morgan fingerprint density at radius 2 is 2.08 bits per heavy atom. The van der Waals surface area contributed by atoms with Crippen LogP contribution in [0, 0.1) is 5.92 Å². The number of rotatable bonds is 4. The molecule has 2 unspecified atom stereocenters. The first-order valence-electron chi connectivity index (χ1n) is 11.7. The zero-order valence-corrected chi connectivity index (χ0v) is 19.9. The van der Waals surface area contributed by atoms with Crippen LogP contribution in [0.4, 0.5) is 19.0 Å². The molecule has 190 valence electrons. The lowest BCUT2D eigenvalue weighted by atomic mass is 10.1. The Bertz CT molecular complexity index is 1420. The Hall–Kier alpha value is -3.70. The summed E-state index contributed by atoms with van der Waals surface area (Å²) in [6.45, 7) is 4.38. The summed E-state index contributed by atoms with van der Waals surface area (Å²) in [4.78, 5) is 34.7. The van der Waals surface area contributed by atoms with Crippen molar-refractivity contribution in [3.05, 3.63) is 46.0 Å². The van der Waals surface area contributed by atoms with Gasteiger partial charge in [-0.3, -0.25) is 9.59 Å². The van der Waals surface area contributed by atoms with Crippen LogP contribution in [0.3, 0.4) is 0 Å². The molecule has 0 radical (unpaired) electrons. The van der Waals surface area contributed by atoms with Gasteiger partial charge < -0.3 is 14.8 Å². The van der Waals surface area contributed by atoms with Crippen molar-refractivity contribution in [3.63, 3.8) is 0 Å². The third-order valence-electron chi connectivity index (χ3n) is 6.37. The lowest BCUT2D eigenvalue weighted by molar-refractivity contribution is -0.693. The zero-order chi connectivity index (χ0) is 25.8. The lowest BCUT2D eigenvalue weighted by Crippen LogP contribution is -2.53. The molecule has 9 nitrogen and oxygen atoms in total. The fraction of sp³-hybridized carbons (Fsp3) is 0.458. The third-order valence-corrected chi connectivity index (χ3v) is 6.37. The van der Waals surface area contributed by atoms with E-state index in [1.165, 1.54) is 12.1 Å². The monoisotopic (exact) mass is 504 g/mol. The van der Waals surface area contributed by atoms with Crippen molar-refractivity contribution in [1.29, 1.82) is 0 Å². The number of alkyl halides is 3. The van der Waals surface area contributed by atoms with Gasteiger partial charge in [0, 0.05) is 24.5 Å². The number of halogens is 3. The van der Waals surface area contributed by atoms with Crippen molar-refractivity contribution in [2.45, 2.75) is 58.5 Å². The van der Waals surface area contributed by atoms with Crippen LogP contribution in [0.2, 0.25) is 0 Å². The van der Waals surface area contributed by atoms with Gasteiger partial charge >= 0.3 is 11.7 Å². The molecule has 5 heterocycles. The number of aromatic nitrogens is 4. The van der Waals surface area contributed by atoms with Gasteiger partial charge in [-0.05, 0) is 24.6 Å². The van der Waals surface area contributed by atoms with Gasteiger partial charge in [-0.15, -0.1) is 0 Å². The minimum atomic E-state index is -4.50. The highest BCUT2D eigenvalue weighted by Gasteiger charge is 2.36. The normalized spacial score (nSPS) is 18.8. The molecule has 2 aliphatic heterocycles. The largest absolute Gasteiger partial charge is 0.474 e. The van der Waals surface area contributed by atoms with Gasteiger partial charge in [-0.2, -0.15) is 18.2 Å². The number of anilines is 1. The second-order valence-electron chi connectivity index (χ2n) is 9.34. The molecule has 36 heavy (non-hydrogen) atoms. The van der Waals surface area contributed by atoms with E-state index in [4.69, 9.17) is 9.47 Å². The van der Waals surface area contributed by atoms with E-state index in [9.17, 15) is 22.8 Å². The highest BCUT2D eigenvalue weighted by Crippen LogP contribution is 2.30. The molecule has 1 N–H and O–H groups in total. The average Bonchev–Trinajstić information content (AvgIpc) is 2.84. The fourth-order valence-corrected chi connectivity index (χ4v) is 4.54. The fourth-order valence-electron chi connectivity index (χ4n) is 4.54. The number of nitrogens with one attached hydrogen (secondary N) is 1. The van der Waals surface area contributed by atoms with Crippen LogP contribution < -0.4 is 24.9 Å². The smallest absolute Gasteiger partial charge is 0.422 e. The van der Waals surface area contributed by atoms with Gasteiger partial charge in [0.25, 0.3) is 11.5 Å². The number of carbonyl (C=O) groups is 1. The van der Waals surface area contributed by atoms with Gasteiger partial charge in [0.2, 0.25) is 17.6 Å². The maximum Gasteiger partial charge on any atom is 0.422 e. The molecule has 0 spiro atoms. The number of carbonyl (C=O) groups excluding carboxylic acids is 1. The predicted octanol–water partition coefficient (Wildman–Crippen LogP) is 2.93. The summed E-state index contributed by atoms with van der Waals surface area (Å²) >= 11 is 0. The lowest BCUT2D eigenvalue weighted by Gasteiger charge is -2.25. The van der Waals surface area contributed by atoms with Crippen LogP contribution >= 0.6 is 0 Å².